The van der Waals surface area contributed by atoms with Crippen LogP contribution in [0.2, 0.25) is 0 Å². The number of pyridine rings is 1. The SMILES string of the molecule is Cc1ccc(NC(N)=NCc2ccnc(OCC3CC3)c2)cc1.I. The van der Waals surface area contributed by atoms with Crippen molar-refractivity contribution in [3.63, 3.8) is 0 Å². The van der Waals surface area contributed by atoms with Gasteiger partial charge >= 0.3 is 0 Å². The van der Waals surface area contributed by atoms with Gasteiger partial charge in [0.2, 0.25) is 5.88 Å². The minimum Gasteiger partial charge on any atom is -0.477 e. The molecule has 1 aromatic heterocycles. The van der Waals surface area contributed by atoms with E-state index in [9.17, 15) is 0 Å². The Bertz CT molecular complexity index is 684. The number of nitrogens with two attached hydrogens (primary N) is 1. The summed E-state index contributed by atoms with van der Waals surface area (Å²) in [4.78, 5) is 8.59. The molecular formula is C18H23IN4O. The maximum absolute atomic E-state index is 5.93. The molecule has 1 saturated carbocycles. The zero-order valence-corrected chi connectivity index (χ0v) is 16.1. The molecule has 2 aromatic rings. The monoisotopic (exact) mass is 438 g/mol. The smallest absolute Gasteiger partial charge is 0.213 e. The molecule has 3 N–H and O–H groups in total. The van der Waals surface area contributed by atoms with Gasteiger partial charge in [-0.3, -0.25) is 0 Å². The van der Waals surface area contributed by atoms with E-state index in [1.165, 1.54) is 18.4 Å². The van der Waals surface area contributed by atoms with E-state index in [-0.39, 0.29) is 24.0 Å². The van der Waals surface area contributed by atoms with Crippen molar-refractivity contribution in [1.82, 2.24) is 4.98 Å². The summed E-state index contributed by atoms with van der Waals surface area (Å²) < 4.78 is 5.68. The molecule has 1 aromatic carbocycles. The summed E-state index contributed by atoms with van der Waals surface area (Å²) in [6.07, 6.45) is 4.28. The Morgan fingerprint density at radius 1 is 1.29 bits per heavy atom. The maximum atomic E-state index is 5.93. The molecular weight excluding hydrogens is 415 g/mol. The summed E-state index contributed by atoms with van der Waals surface area (Å²) in [6.45, 7) is 3.30. The summed E-state index contributed by atoms with van der Waals surface area (Å²) in [6, 6.07) is 11.9. The van der Waals surface area contributed by atoms with Crippen molar-refractivity contribution in [2.45, 2.75) is 26.3 Å². The van der Waals surface area contributed by atoms with Gasteiger partial charge in [-0.1, -0.05) is 17.7 Å². The number of benzene rings is 1. The molecule has 0 spiro atoms. The standard InChI is InChI=1S/C18H22N4O.HI/c1-13-2-6-16(7-3-13)22-18(19)21-11-15-8-9-20-17(10-15)23-12-14-4-5-14;/h2-3,6-10,14H,4-5,11-12H2,1H3,(H3,19,21,22);1H. The van der Waals surface area contributed by atoms with Crippen molar-refractivity contribution in [3.8, 4) is 5.88 Å². The van der Waals surface area contributed by atoms with Crippen LogP contribution in [0, 0.1) is 12.8 Å². The number of halogens is 1. The van der Waals surface area contributed by atoms with E-state index in [1.54, 1.807) is 6.20 Å². The van der Waals surface area contributed by atoms with Gasteiger partial charge in [0.15, 0.2) is 5.96 Å². The summed E-state index contributed by atoms with van der Waals surface area (Å²) in [5.74, 6) is 1.77. The second-order valence-corrected chi connectivity index (χ2v) is 5.95. The summed E-state index contributed by atoms with van der Waals surface area (Å²) in [5.41, 5.74) is 9.10. The molecule has 0 radical (unpaired) electrons. The Balaban J connectivity index is 0.00000208. The van der Waals surface area contributed by atoms with Gasteiger partial charge in [-0.15, -0.1) is 24.0 Å². The first-order chi connectivity index (χ1) is 11.2. The lowest BCUT2D eigenvalue weighted by molar-refractivity contribution is 0.288. The Morgan fingerprint density at radius 2 is 2.04 bits per heavy atom. The van der Waals surface area contributed by atoms with Crippen LogP contribution >= 0.6 is 24.0 Å². The van der Waals surface area contributed by atoms with Crippen LogP contribution in [0.15, 0.2) is 47.6 Å². The van der Waals surface area contributed by atoms with Gasteiger partial charge in [-0.2, -0.15) is 0 Å². The average molecular weight is 438 g/mol. The van der Waals surface area contributed by atoms with Crippen molar-refractivity contribution >= 4 is 35.6 Å². The normalized spacial score (nSPS) is 14.0. The highest BCUT2D eigenvalue weighted by molar-refractivity contribution is 14.0. The number of aliphatic imine (C=N–C) groups is 1. The van der Waals surface area contributed by atoms with Crippen LogP contribution < -0.4 is 15.8 Å². The molecule has 0 saturated heterocycles. The lowest BCUT2D eigenvalue weighted by atomic mass is 10.2. The fourth-order valence-corrected chi connectivity index (χ4v) is 2.12. The number of rotatable bonds is 6. The van der Waals surface area contributed by atoms with Gasteiger partial charge in [0.25, 0.3) is 0 Å². The predicted molar refractivity (Wildman–Crippen MR) is 108 cm³/mol. The molecule has 1 aliphatic carbocycles. The van der Waals surface area contributed by atoms with Gasteiger partial charge in [0, 0.05) is 18.0 Å². The fraction of sp³-hybridized carbons (Fsp3) is 0.333. The van der Waals surface area contributed by atoms with Gasteiger partial charge in [0.05, 0.1) is 13.2 Å². The number of anilines is 1. The zero-order chi connectivity index (χ0) is 16.1. The molecule has 6 heteroatoms. The summed E-state index contributed by atoms with van der Waals surface area (Å²) in [5, 5.41) is 3.08. The van der Waals surface area contributed by atoms with Crippen molar-refractivity contribution in [2.24, 2.45) is 16.6 Å². The van der Waals surface area contributed by atoms with Gasteiger partial charge in [-0.05, 0) is 49.4 Å². The molecule has 0 aliphatic heterocycles. The highest BCUT2D eigenvalue weighted by atomic mass is 127. The summed E-state index contributed by atoms with van der Waals surface area (Å²) in [7, 11) is 0. The number of hydrogen-bond acceptors (Lipinski definition) is 3. The minimum absolute atomic E-state index is 0. The Morgan fingerprint density at radius 3 is 2.75 bits per heavy atom. The molecule has 3 rings (SSSR count). The summed E-state index contributed by atoms with van der Waals surface area (Å²) >= 11 is 0. The van der Waals surface area contributed by atoms with Gasteiger partial charge in [-0.25, -0.2) is 9.98 Å². The van der Waals surface area contributed by atoms with E-state index in [0.717, 1.165) is 17.9 Å². The highest BCUT2D eigenvalue weighted by Crippen LogP contribution is 2.29. The third kappa shape index (κ3) is 5.99. The van der Waals surface area contributed by atoms with Crippen LogP contribution in [0.4, 0.5) is 5.69 Å². The first-order valence-corrected chi connectivity index (χ1v) is 7.90. The number of aromatic nitrogens is 1. The van der Waals surface area contributed by atoms with Gasteiger partial charge in [0.1, 0.15) is 0 Å². The highest BCUT2D eigenvalue weighted by Gasteiger charge is 2.22. The van der Waals surface area contributed by atoms with E-state index in [2.05, 4.69) is 15.3 Å². The number of nitrogens with zero attached hydrogens (tertiary/aromatic N) is 2. The largest absolute Gasteiger partial charge is 0.477 e. The van der Waals surface area contributed by atoms with Crippen molar-refractivity contribution in [2.75, 3.05) is 11.9 Å². The van der Waals surface area contributed by atoms with E-state index < -0.39 is 0 Å². The molecule has 1 heterocycles. The van der Waals surface area contributed by atoms with Crippen LogP contribution in [0.5, 0.6) is 5.88 Å². The van der Waals surface area contributed by atoms with Crippen molar-refractivity contribution < 1.29 is 4.74 Å². The molecule has 0 unspecified atom stereocenters. The molecule has 128 valence electrons. The van der Waals surface area contributed by atoms with E-state index in [0.29, 0.717) is 24.3 Å². The van der Waals surface area contributed by atoms with Crippen LogP contribution in [0.1, 0.15) is 24.0 Å². The lowest BCUT2D eigenvalue weighted by Gasteiger charge is -2.07. The average Bonchev–Trinajstić information content (AvgIpc) is 3.38. The zero-order valence-electron chi connectivity index (χ0n) is 13.7. The van der Waals surface area contributed by atoms with E-state index >= 15 is 0 Å². The van der Waals surface area contributed by atoms with E-state index in [1.807, 2.05) is 43.3 Å². The molecule has 0 atom stereocenters. The molecule has 5 nitrogen and oxygen atoms in total. The molecule has 0 bridgehead atoms. The minimum atomic E-state index is 0. The third-order valence-corrected chi connectivity index (χ3v) is 3.72. The molecule has 1 aliphatic rings. The number of hydrogen-bond donors (Lipinski definition) is 2. The van der Waals surface area contributed by atoms with Crippen LogP contribution in [0.3, 0.4) is 0 Å². The number of ether oxygens (including phenoxy) is 1. The number of aryl methyl sites for hydroxylation is 1. The topological polar surface area (TPSA) is 72.5 Å². The second-order valence-electron chi connectivity index (χ2n) is 5.95. The Kier molecular flexibility index (Phi) is 6.84. The molecule has 24 heavy (non-hydrogen) atoms. The van der Waals surface area contributed by atoms with Crippen molar-refractivity contribution in [1.29, 1.82) is 0 Å². The van der Waals surface area contributed by atoms with E-state index in [4.69, 9.17) is 10.5 Å². The van der Waals surface area contributed by atoms with Crippen molar-refractivity contribution in [3.05, 3.63) is 53.7 Å². The van der Waals surface area contributed by atoms with Crippen LogP contribution in [-0.4, -0.2) is 17.6 Å². The second kappa shape index (κ2) is 8.86. The lowest BCUT2D eigenvalue weighted by Crippen LogP contribution is -2.22. The first-order valence-electron chi connectivity index (χ1n) is 7.90. The van der Waals surface area contributed by atoms with Crippen LogP contribution in [0.25, 0.3) is 0 Å². The Hall–Kier alpha value is -1.83. The molecule has 0 amide bonds. The Labute approximate surface area is 159 Å². The predicted octanol–water partition coefficient (Wildman–Crippen LogP) is 3.72. The quantitative estimate of drug-likeness (QED) is 0.410. The third-order valence-electron chi connectivity index (χ3n) is 3.72. The first kappa shape index (κ1) is 18.5. The fourth-order valence-electron chi connectivity index (χ4n) is 2.12. The number of guanidine groups is 1. The maximum Gasteiger partial charge on any atom is 0.213 e. The van der Waals surface area contributed by atoms with Crippen LogP contribution in [-0.2, 0) is 6.54 Å². The molecule has 1 fully saturated rings. The number of nitrogens with one attached hydrogen (secondary N) is 1. The van der Waals surface area contributed by atoms with Gasteiger partial charge < -0.3 is 15.8 Å².